The predicted molar refractivity (Wildman–Crippen MR) is 97.7 cm³/mol. The highest BCUT2D eigenvalue weighted by molar-refractivity contribution is 7.99. The van der Waals surface area contributed by atoms with Crippen LogP contribution in [0.15, 0.2) is 83.4 Å². The Morgan fingerprint density at radius 3 is 2.36 bits per heavy atom. The van der Waals surface area contributed by atoms with Crippen LogP contribution >= 0.6 is 11.8 Å². The Bertz CT molecular complexity index is 966. The Labute approximate surface area is 149 Å². The minimum absolute atomic E-state index is 0.773. The van der Waals surface area contributed by atoms with Gasteiger partial charge in [-0.1, -0.05) is 23.8 Å². The fraction of sp³-hybridized carbons (Fsp3) is 0.0526. The van der Waals surface area contributed by atoms with Gasteiger partial charge in [0.25, 0.3) is 0 Å². The van der Waals surface area contributed by atoms with Crippen LogP contribution in [0.3, 0.4) is 0 Å². The highest BCUT2D eigenvalue weighted by Crippen LogP contribution is 2.31. The van der Waals surface area contributed by atoms with E-state index in [2.05, 4.69) is 51.4 Å². The van der Waals surface area contributed by atoms with Crippen molar-refractivity contribution in [2.24, 2.45) is 0 Å². The van der Waals surface area contributed by atoms with Crippen molar-refractivity contribution in [2.45, 2.75) is 17.1 Å². The van der Waals surface area contributed by atoms with Gasteiger partial charge in [0, 0.05) is 29.8 Å². The van der Waals surface area contributed by atoms with Crippen molar-refractivity contribution < 1.29 is 0 Å². The molecule has 25 heavy (non-hydrogen) atoms. The third-order valence-corrected chi connectivity index (χ3v) is 4.60. The van der Waals surface area contributed by atoms with E-state index in [1.807, 2.05) is 34.9 Å². The van der Waals surface area contributed by atoms with Gasteiger partial charge in [0.1, 0.15) is 5.03 Å². The van der Waals surface area contributed by atoms with E-state index in [1.54, 1.807) is 18.6 Å². The molecule has 4 aromatic rings. The molecule has 0 amide bonds. The molecule has 0 aliphatic carbocycles. The van der Waals surface area contributed by atoms with Gasteiger partial charge in [-0.2, -0.15) is 0 Å². The molecule has 3 heterocycles. The molecule has 0 spiro atoms. The maximum absolute atomic E-state index is 4.42. The van der Waals surface area contributed by atoms with E-state index in [1.165, 1.54) is 17.3 Å². The van der Waals surface area contributed by atoms with Crippen molar-refractivity contribution >= 4 is 11.8 Å². The van der Waals surface area contributed by atoms with Crippen LogP contribution in [0.1, 0.15) is 5.56 Å². The molecule has 0 unspecified atom stereocenters. The van der Waals surface area contributed by atoms with Crippen molar-refractivity contribution in [1.29, 1.82) is 0 Å². The molecule has 0 bridgehead atoms. The summed E-state index contributed by atoms with van der Waals surface area (Å²) in [5.74, 6) is 0.782. The number of benzene rings is 1. The minimum atomic E-state index is 0.773. The molecule has 0 radical (unpaired) electrons. The second-order valence-electron chi connectivity index (χ2n) is 5.48. The Morgan fingerprint density at radius 2 is 1.64 bits per heavy atom. The minimum Gasteiger partial charge on any atom is -0.270 e. The van der Waals surface area contributed by atoms with Crippen LogP contribution in [0.5, 0.6) is 0 Å². The van der Waals surface area contributed by atoms with Crippen molar-refractivity contribution in [3.63, 3.8) is 0 Å². The van der Waals surface area contributed by atoms with E-state index in [0.717, 1.165) is 27.3 Å². The monoisotopic (exact) mass is 345 g/mol. The first-order valence-corrected chi connectivity index (χ1v) is 8.65. The molecule has 0 fully saturated rings. The molecule has 0 saturated heterocycles. The predicted octanol–water partition coefficient (Wildman–Crippen LogP) is 4.18. The molecule has 122 valence electrons. The maximum atomic E-state index is 4.42. The first kappa shape index (κ1) is 15.5. The van der Waals surface area contributed by atoms with Crippen molar-refractivity contribution in [2.75, 3.05) is 0 Å². The summed E-state index contributed by atoms with van der Waals surface area (Å²) in [5.41, 5.74) is 3.19. The standard InChI is InChI=1S/C19H15N5S/c1-14-5-7-16(8-6-14)24-18(15-9-12-20-13-10-15)22-23-19(24)25-17-4-2-3-11-21-17/h2-13H,1H3. The number of aromatic nitrogens is 5. The maximum Gasteiger partial charge on any atom is 0.202 e. The normalized spacial score (nSPS) is 10.8. The summed E-state index contributed by atoms with van der Waals surface area (Å²) in [7, 11) is 0. The van der Waals surface area contributed by atoms with E-state index in [0.29, 0.717) is 0 Å². The number of rotatable bonds is 4. The summed E-state index contributed by atoms with van der Waals surface area (Å²) < 4.78 is 2.05. The Hall–Kier alpha value is -2.99. The smallest absolute Gasteiger partial charge is 0.202 e. The Kier molecular flexibility index (Phi) is 4.26. The van der Waals surface area contributed by atoms with E-state index in [4.69, 9.17) is 0 Å². The van der Waals surface area contributed by atoms with Crippen LogP contribution in [-0.2, 0) is 0 Å². The SMILES string of the molecule is Cc1ccc(-n2c(Sc3ccccn3)nnc2-c2ccncc2)cc1. The highest BCUT2D eigenvalue weighted by Gasteiger charge is 2.17. The zero-order valence-corrected chi connectivity index (χ0v) is 14.4. The van der Waals surface area contributed by atoms with Crippen LogP contribution in [-0.4, -0.2) is 24.7 Å². The lowest BCUT2D eigenvalue weighted by Gasteiger charge is -2.10. The highest BCUT2D eigenvalue weighted by atomic mass is 32.2. The summed E-state index contributed by atoms with van der Waals surface area (Å²) >= 11 is 1.49. The van der Waals surface area contributed by atoms with Gasteiger partial charge < -0.3 is 0 Å². The summed E-state index contributed by atoms with van der Waals surface area (Å²) in [6.45, 7) is 2.07. The number of nitrogens with zero attached hydrogens (tertiary/aromatic N) is 5. The fourth-order valence-electron chi connectivity index (χ4n) is 2.45. The van der Waals surface area contributed by atoms with Crippen molar-refractivity contribution in [1.82, 2.24) is 24.7 Å². The first-order valence-electron chi connectivity index (χ1n) is 7.83. The molecular weight excluding hydrogens is 330 g/mol. The lowest BCUT2D eigenvalue weighted by atomic mass is 10.2. The number of pyridine rings is 2. The zero-order valence-electron chi connectivity index (χ0n) is 13.6. The molecule has 0 atom stereocenters. The van der Waals surface area contributed by atoms with Crippen molar-refractivity contribution in [3.05, 3.63) is 78.8 Å². The number of hydrogen-bond acceptors (Lipinski definition) is 5. The second-order valence-corrected chi connectivity index (χ2v) is 6.47. The topological polar surface area (TPSA) is 56.5 Å². The van der Waals surface area contributed by atoms with Crippen molar-refractivity contribution in [3.8, 4) is 17.1 Å². The summed E-state index contributed by atoms with van der Waals surface area (Å²) in [6, 6.07) is 18.0. The van der Waals surface area contributed by atoms with E-state index in [9.17, 15) is 0 Å². The lowest BCUT2D eigenvalue weighted by Crippen LogP contribution is -2.00. The van der Waals surface area contributed by atoms with Crippen LogP contribution in [0.4, 0.5) is 0 Å². The molecule has 0 aliphatic rings. The Balaban J connectivity index is 1.84. The third kappa shape index (κ3) is 3.29. The van der Waals surface area contributed by atoms with Gasteiger partial charge in [-0.25, -0.2) is 4.98 Å². The molecule has 1 aromatic carbocycles. The van der Waals surface area contributed by atoms with Crippen LogP contribution in [0, 0.1) is 6.92 Å². The van der Waals surface area contributed by atoms with Gasteiger partial charge in [-0.3, -0.25) is 9.55 Å². The van der Waals surface area contributed by atoms with Gasteiger partial charge in [0.15, 0.2) is 5.82 Å². The van der Waals surface area contributed by atoms with E-state index >= 15 is 0 Å². The quantitative estimate of drug-likeness (QED) is 0.555. The number of aryl methyl sites for hydroxylation is 1. The molecule has 4 rings (SSSR count). The zero-order chi connectivity index (χ0) is 17.1. The third-order valence-electron chi connectivity index (χ3n) is 3.70. The van der Waals surface area contributed by atoms with Gasteiger partial charge in [0.2, 0.25) is 5.16 Å². The van der Waals surface area contributed by atoms with Crippen LogP contribution < -0.4 is 0 Å². The lowest BCUT2D eigenvalue weighted by molar-refractivity contribution is 0.882. The van der Waals surface area contributed by atoms with Gasteiger partial charge in [-0.05, 0) is 55.1 Å². The van der Waals surface area contributed by atoms with Gasteiger partial charge >= 0.3 is 0 Å². The second kappa shape index (κ2) is 6.86. The van der Waals surface area contributed by atoms with Crippen LogP contribution in [0.25, 0.3) is 17.1 Å². The fourth-order valence-corrected chi connectivity index (χ4v) is 3.26. The summed E-state index contributed by atoms with van der Waals surface area (Å²) in [5, 5.41) is 10.5. The average molecular weight is 345 g/mol. The Morgan fingerprint density at radius 1 is 0.840 bits per heavy atom. The average Bonchev–Trinajstić information content (AvgIpc) is 3.07. The number of hydrogen-bond donors (Lipinski definition) is 0. The molecule has 5 nitrogen and oxygen atoms in total. The largest absolute Gasteiger partial charge is 0.270 e. The summed E-state index contributed by atoms with van der Waals surface area (Å²) in [4.78, 5) is 8.46. The molecular formula is C19H15N5S. The molecule has 0 saturated carbocycles. The first-order chi connectivity index (χ1) is 12.3. The molecule has 3 aromatic heterocycles. The van der Waals surface area contributed by atoms with Gasteiger partial charge in [-0.15, -0.1) is 10.2 Å². The summed E-state index contributed by atoms with van der Waals surface area (Å²) in [6.07, 6.45) is 5.29. The van der Waals surface area contributed by atoms with Crippen LogP contribution in [0.2, 0.25) is 0 Å². The molecule has 0 aliphatic heterocycles. The van der Waals surface area contributed by atoms with E-state index in [-0.39, 0.29) is 0 Å². The molecule has 0 N–H and O–H groups in total. The van der Waals surface area contributed by atoms with Gasteiger partial charge in [0.05, 0.1) is 0 Å². The van der Waals surface area contributed by atoms with E-state index < -0.39 is 0 Å². The molecule has 6 heteroatoms.